The standard InChI is InChI=1S/C15H16O2S/c1-17-15(16)11-13(14-8-5-9-18-14)10-12-6-3-2-4-7-12/h2-9,13H,10-11H2,1H3. The highest BCUT2D eigenvalue weighted by atomic mass is 32.1. The molecule has 18 heavy (non-hydrogen) atoms. The van der Waals surface area contributed by atoms with Crippen molar-refractivity contribution in [3.05, 3.63) is 58.3 Å². The average molecular weight is 260 g/mol. The Morgan fingerprint density at radius 3 is 2.61 bits per heavy atom. The molecular formula is C15H16O2S. The van der Waals surface area contributed by atoms with Crippen molar-refractivity contribution in [1.29, 1.82) is 0 Å². The van der Waals surface area contributed by atoms with E-state index in [9.17, 15) is 4.79 Å². The predicted octanol–water partition coefficient (Wildman–Crippen LogP) is 3.64. The van der Waals surface area contributed by atoms with Crippen LogP contribution in [0.5, 0.6) is 0 Å². The lowest BCUT2D eigenvalue weighted by Gasteiger charge is -2.14. The van der Waals surface area contributed by atoms with E-state index in [-0.39, 0.29) is 11.9 Å². The third-order valence-corrected chi connectivity index (χ3v) is 3.95. The van der Waals surface area contributed by atoms with E-state index >= 15 is 0 Å². The molecule has 1 heterocycles. The maximum absolute atomic E-state index is 11.5. The number of benzene rings is 1. The van der Waals surface area contributed by atoms with Crippen LogP contribution in [0.15, 0.2) is 47.8 Å². The molecule has 0 saturated heterocycles. The van der Waals surface area contributed by atoms with Crippen LogP contribution in [0.1, 0.15) is 22.8 Å². The zero-order valence-corrected chi connectivity index (χ0v) is 11.2. The summed E-state index contributed by atoms with van der Waals surface area (Å²) in [6.45, 7) is 0. The Hall–Kier alpha value is -1.61. The number of rotatable bonds is 5. The van der Waals surface area contributed by atoms with Gasteiger partial charge in [0.25, 0.3) is 0 Å². The van der Waals surface area contributed by atoms with Crippen molar-refractivity contribution in [3.63, 3.8) is 0 Å². The zero-order valence-electron chi connectivity index (χ0n) is 10.3. The highest BCUT2D eigenvalue weighted by Crippen LogP contribution is 2.28. The van der Waals surface area contributed by atoms with E-state index in [1.54, 1.807) is 11.3 Å². The molecule has 94 valence electrons. The molecule has 1 aromatic heterocycles. The summed E-state index contributed by atoms with van der Waals surface area (Å²) in [7, 11) is 1.44. The van der Waals surface area contributed by atoms with Gasteiger partial charge < -0.3 is 4.74 Å². The second kappa shape index (κ2) is 6.36. The van der Waals surface area contributed by atoms with Gasteiger partial charge in [0.2, 0.25) is 0 Å². The van der Waals surface area contributed by atoms with Gasteiger partial charge >= 0.3 is 5.97 Å². The fourth-order valence-corrected chi connectivity index (χ4v) is 2.81. The number of thiophene rings is 1. The van der Waals surface area contributed by atoms with E-state index < -0.39 is 0 Å². The predicted molar refractivity (Wildman–Crippen MR) is 73.8 cm³/mol. The molecule has 0 amide bonds. The number of ether oxygens (including phenoxy) is 1. The van der Waals surface area contributed by atoms with Crippen LogP contribution in [-0.4, -0.2) is 13.1 Å². The van der Waals surface area contributed by atoms with Gasteiger partial charge in [-0.3, -0.25) is 4.79 Å². The van der Waals surface area contributed by atoms with Gasteiger partial charge in [0, 0.05) is 10.8 Å². The quantitative estimate of drug-likeness (QED) is 0.767. The van der Waals surface area contributed by atoms with Crippen molar-refractivity contribution >= 4 is 17.3 Å². The van der Waals surface area contributed by atoms with Crippen molar-refractivity contribution in [3.8, 4) is 0 Å². The van der Waals surface area contributed by atoms with E-state index in [1.165, 1.54) is 17.6 Å². The van der Waals surface area contributed by atoms with E-state index in [0.717, 1.165) is 6.42 Å². The van der Waals surface area contributed by atoms with Crippen LogP contribution in [0, 0.1) is 0 Å². The average Bonchev–Trinajstić information content (AvgIpc) is 2.93. The molecule has 0 spiro atoms. The maximum atomic E-state index is 11.5. The van der Waals surface area contributed by atoms with Gasteiger partial charge in [-0.25, -0.2) is 0 Å². The molecule has 0 fully saturated rings. The van der Waals surface area contributed by atoms with Crippen LogP contribution in [-0.2, 0) is 16.0 Å². The lowest BCUT2D eigenvalue weighted by Crippen LogP contribution is -2.10. The maximum Gasteiger partial charge on any atom is 0.306 e. The number of methoxy groups -OCH3 is 1. The molecule has 2 nitrogen and oxygen atoms in total. The van der Waals surface area contributed by atoms with Crippen LogP contribution >= 0.6 is 11.3 Å². The van der Waals surface area contributed by atoms with Crippen molar-refractivity contribution < 1.29 is 9.53 Å². The molecule has 1 aromatic carbocycles. The minimum atomic E-state index is -0.149. The first kappa shape index (κ1) is 12.8. The van der Waals surface area contributed by atoms with E-state index in [4.69, 9.17) is 4.74 Å². The number of carbonyl (C=O) groups excluding carboxylic acids is 1. The van der Waals surface area contributed by atoms with Gasteiger partial charge in [-0.15, -0.1) is 11.3 Å². The molecule has 1 atom stereocenters. The first-order valence-corrected chi connectivity index (χ1v) is 6.81. The molecule has 0 aliphatic heterocycles. The third-order valence-electron chi connectivity index (χ3n) is 2.91. The minimum absolute atomic E-state index is 0.149. The molecule has 0 saturated carbocycles. The largest absolute Gasteiger partial charge is 0.469 e. The second-order valence-electron chi connectivity index (χ2n) is 4.18. The van der Waals surface area contributed by atoms with Crippen LogP contribution in [0.25, 0.3) is 0 Å². The van der Waals surface area contributed by atoms with Crippen LogP contribution in [0.4, 0.5) is 0 Å². The molecule has 0 aliphatic carbocycles. The van der Waals surface area contributed by atoms with E-state index in [1.807, 2.05) is 29.6 Å². The Bertz CT molecular complexity index is 476. The monoisotopic (exact) mass is 260 g/mol. The highest BCUT2D eigenvalue weighted by molar-refractivity contribution is 7.10. The van der Waals surface area contributed by atoms with Crippen LogP contribution < -0.4 is 0 Å². The van der Waals surface area contributed by atoms with Gasteiger partial charge in [0.15, 0.2) is 0 Å². The Labute approximate surface area is 111 Å². The third kappa shape index (κ3) is 3.44. The first-order valence-electron chi connectivity index (χ1n) is 5.93. The number of hydrogen-bond donors (Lipinski definition) is 0. The summed E-state index contributed by atoms with van der Waals surface area (Å²) in [6, 6.07) is 14.4. The summed E-state index contributed by atoms with van der Waals surface area (Å²) in [5, 5.41) is 2.05. The summed E-state index contributed by atoms with van der Waals surface area (Å²) < 4.78 is 4.78. The molecule has 0 radical (unpaired) electrons. The molecule has 0 bridgehead atoms. The summed E-state index contributed by atoms with van der Waals surface area (Å²) in [5.41, 5.74) is 1.25. The normalized spacial score (nSPS) is 12.1. The zero-order chi connectivity index (χ0) is 12.8. The van der Waals surface area contributed by atoms with Crippen molar-refractivity contribution in [2.75, 3.05) is 7.11 Å². The van der Waals surface area contributed by atoms with Crippen molar-refractivity contribution in [1.82, 2.24) is 0 Å². The molecule has 0 N–H and O–H groups in total. The second-order valence-corrected chi connectivity index (χ2v) is 5.16. The minimum Gasteiger partial charge on any atom is -0.469 e. The van der Waals surface area contributed by atoms with Gasteiger partial charge in [-0.2, -0.15) is 0 Å². The lowest BCUT2D eigenvalue weighted by molar-refractivity contribution is -0.141. The van der Waals surface area contributed by atoms with Crippen LogP contribution in [0.2, 0.25) is 0 Å². The molecule has 3 heteroatoms. The van der Waals surface area contributed by atoms with Gasteiger partial charge in [-0.1, -0.05) is 36.4 Å². The summed E-state index contributed by atoms with van der Waals surface area (Å²) in [5.74, 6) is 0.0594. The van der Waals surface area contributed by atoms with Crippen molar-refractivity contribution in [2.45, 2.75) is 18.8 Å². The molecule has 1 unspecified atom stereocenters. The Balaban J connectivity index is 2.12. The molecule has 2 rings (SSSR count). The van der Waals surface area contributed by atoms with E-state index in [0.29, 0.717) is 6.42 Å². The summed E-state index contributed by atoms with van der Waals surface area (Å²) >= 11 is 1.69. The number of carbonyl (C=O) groups is 1. The molecule has 0 aliphatic rings. The Morgan fingerprint density at radius 2 is 2.00 bits per heavy atom. The number of hydrogen-bond acceptors (Lipinski definition) is 3. The molecule has 2 aromatic rings. The summed E-state index contributed by atoms with van der Waals surface area (Å²) in [4.78, 5) is 12.7. The van der Waals surface area contributed by atoms with Crippen molar-refractivity contribution in [2.24, 2.45) is 0 Å². The highest BCUT2D eigenvalue weighted by Gasteiger charge is 2.17. The Kier molecular flexibility index (Phi) is 4.53. The van der Waals surface area contributed by atoms with E-state index in [2.05, 4.69) is 18.2 Å². The summed E-state index contributed by atoms with van der Waals surface area (Å²) in [6.07, 6.45) is 1.31. The van der Waals surface area contributed by atoms with Crippen LogP contribution in [0.3, 0.4) is 0 Å². The fourth-order valence-electron chi connectivity index (χ4n) is 1.98. The van der Waals surface area contributed by atoms with Gasteiger partial charge in [0.1, 0.15) is 0 Å². The fraction of sp³-hybridized carbons (Fsp3) is 0.267. The molecular weight excluding hydrogens is 244 g/mol. The topological polar surface area (TPSA) is 26.3 Å². The lowest BCUT2D eigenvalue weighted by atomic mass is 9.95. The number of esters is 1. The SMILES string of the molecule is COC(=O)CC(Cc1ccccc1)c1cccs1. The Morgan fingerprint density at radius 1 is 1.22 bits per heavy atom. The first-order chi connectivity index (χ1) is 8.79. The smallest absolute Gasteiger partial charge is 0.306 e. The van der Waals surface area contributed by atoms with Gasteiger partial charge in [-0.05, 0) is 23.4 Å². The van der Waals surface area contributed by atoms with Gasteiger partial charge in [0.05, 0.1) is 13.5 Å².